The van der Waals surface area contributed by atoms with E-state index < -0.39 is 0 Å². The molecule has 3 aromatic rings. The number of rotatable bonds is 1. The molecule has 0 radical (unpaired) electrons. The molecule has 2 aromatic heterocycles. The van der Waals surface area contributed by atoms with Crippen molar-refractivity contribution in [2.24, 2.45) is 0 Å². The van der Waals surface area contributed by atoms with E-state index in [0.29, 0.717) is 5.15 Å². The molecular weight excluding hydrogens is 314 g/mol. The zero-order chi connectivity index (χ0) is 12.7. The number of aryl methyl sites for hydroxylation is 1. The minimum atomic E-state index is 0.566. The highest BCUT2D eigenvalue weighted by Crippen LogP contribution is 2.31. The fourth-order valence-corrected chi connectivity index (χ4v) is 2.69. The van der Waals surface area contributed by atoms with Crippen molar-refractivity contribution >= 4 is 33.2 Å². The van der Waals surface area contributed by atoms with Crippen LogP contribution >= 0.6 is 27.5 Å². The zero-order valence-electron chi connectivity index (χ0n) is 9.56. The van der Waals surface area contributed by atoms with Crippen molar-refractivity contribution in [3.63, 3.8) is 0 Å². The van der Waals surface area contributed by atoms with Crippen LogP contribution in [-0.2, 0) is 0 Å². The van der Waals surface area contributed by atoms with Gasteiger partial charge in [0.2, 0.25) is 0 Å². The highest BCUT2D eigenvalue weighted by molar-refractivity contribution is 9.10. The molecule has 3 nitrogen and oxygen atoms in total. The molecule has 0 saturated carbocycles. The number of nitrogens with zero attached hydrogens (tertiary/aromatic N) is 3. The lowest BCUT2D eigenvalue weighted by Crippen LogP contribution is -1.94. The largest absolute Gasteiger partial charge is 0.233 e. The number of fused-ring (bicyclic) bond motifs is 1. The molecular formula is C13H9BrClN3. The molecule has 0 aliphatic carbocycles. The molecule has 0 aliphatic heterocycles. The van der Waals surface area contributed by atoms with Gasteiger partial charge in [0.1, 0.15) is 5.15 Å². The molecule has 0 spiro atoms. The van der Waals surface area contributed by atoms with Gasteiger partial charge < -0.3 is 0 Å². The van der Waals surface area contributed by atoms with Crippen LogP contribution in [0.1, 0.15) is 5.69 Å². The van der Waals surface area contributed by atoms with Crippen molar-refractivity contribution in [1.82, 2.24) is 14.6 Å². The van der Waals surface area contributed by atoms with Crippen molar-refractivity contribution in [3.8, 4) is 11.1 Å². The van der Waals surface area contributed by atoms with Crippen LogP contribution in [0.4, 0.5) is 0 Å². The van der Waals surface area contributed by atoms with Crippen LogP contribution in [0, 0.1) is 6.92 Å². The van der Waals surface area contributed by atoms with E-state index >= 15 is 0 Å². The summed E-state index contributed by atoms with van der Waals surface area (Å²) in [6.45, 7) is 1.92. The fourth-order valence-electron chi connectivity index (χ4n) is 1.91. The van der Waals surface area contributed by atoms with Gasteiger partial charge in [-0.05, 0) is 19.1 Å². The molecule has 0 fully saturated rings. The molecule has 2 heterocycles. The molecule has 90 valence electrons. The average molecular weight is 323 g/mol. The average Bonchev–Trinajstić information content (AvgIpc) is 2.73. The standard InChI is InChI=1S/C13H9BrClN3/c1-8-6-12(15)18-13(17-8)10(7-16-18)9-4-2-3-5-11(9)14/h2-7H,1H3. The third kappa shape index (κ3) is 1.82. The molecule has 18 heavy (non-hydrogen) atoms. The molecule has 0 bridgehead atoms. The van der Waals surface area contributed by atoms with Gasteiger partial charge in [0.15, 0.2) is 5.65 Å². The number of halogens is 2. The van der Waals surface area contributed by atoms with Gasteiger partial charge >= 0.3 is 0 Å². The Labute approximate surface area is 118 Å². The Morgan fingerprint density at radius 1 is 1.22 bits per heavy atom. The number of hydrogen-bond donors (Lipinski definition) is 0. The third-order valence-electron chi connectivity index (χ3n) is 2.72. The van der Waals surface area contributed by atoms with Crippen LogP contribution in [0.15, 0.2) is 41.0 Å². The van der Waals surface area contributed by atoms with Gasteiger partial charge in [-0.15, -0.1) is 0 Å². The first-order valence-electron chi connectivity index (χ1n) is 5.42. The van der Waals surface area contributed by atoms with E-state index in [2.05, 4.69) is 26.0 Å². The van der Waals surface area contributed by atoms with Gasteiger partial charge in [-0.1, -0.05) is 45.7 Å². The smallest absolute Gasteiger partial charge is 0.164 e. The quantitative estimate of drug-likeness (QED) is 0.631. The van der Waals surface area contributed by atoms with E-state index in [4.69, 9.17) is 11.6 Å². The van der Waals surface area contributed by atoms with E-state index in [-0.39, 0.29) is 0 Å². The second-order valence-electron chi connectivity index (χ2n) is 3.99. The van der Waals surface area contributed by atoms with Crippen LogP contribution in [0.2, 0.25) is 5.15 Å². The maximum atomic E-state index is 6.15. The van der Waals surface area contributed by atoms with E-state index in [1.165, 1.54) is 0 Å². The van der Waals surface area contributed by atoms with Gasteiger partial charge in [0.05, 0.1) is 6.20 Å². The molecule has 0 saturated heterocycles. The lowest BCUT2D eigenvalue weighted by molar-refractivity contribution is 0.930. The van der Waals surface area contributed by atoms with Crippen LogP contribution in [0.5, 0.6) is 0 Å². The topological polar surface area (TPSA) is 30.2 Å². The van der Waals surface area contributed by atoms with Crippen LogP contribution in [0.25, 0.3) is 16.8 Å². The first kappa shape index (κ1) is 11.7. The molecule has 0 aliphatic rings. The first-order valence-corrected chi connectivity index (χ1v) is 6.59. The number of aromatic nitrogens is 3. The normalized spacial score (nSPS) is 11.1. The lowest BCUT2D eigenvalue weighted by Gasteiger charge is -2.03. The number of hydrogen-bond acceptors (Lipinski definition) is 2. The van der Waals surface area contributed by atoms with E-state index in [1.807, 2.05) is 31.2 Å². The summed E-state index contributed by atoms with van der Waals surface area (Å²) in [5, 5.41) is 4.84. The fraction of sp³-hybridized carbons (Fsp3) is 0.0769. The van der Waals surface area contributed by atoms with Gasteiger partial charge in [0.25, 0.3) is 0 Å². The van der Waals surface area contributed by atoms with Crippen LogP contribution < -0.4 is 0 Å². The predicted octanol–water partition coefficient (Wildman–Crippen LogP) is 4.12. The first-order chi connectivity index (χ1) is 8.66. The van der Waals surface area contributed by atoms with Crippen molar-refractivity contribution < 1.29 is 0 Å². The highest BCUT2D eigenvalue weighted by Gasteiger charge is 2.12. The summed E-state index contributed by atoms with van der Waals surface area (Å²) in [5.41, 5.74) is 3.67. The summed E-state index contributed by atoms with van der Waals surface area (Å²) >= 11 is 9.69. The molecule has 3 rings (SSSR count). The van der Waals surface area contributed by atoms with E-state index in [0.717, 1.165) is 26.9 Å². The second kappa shape index (κ2) is 4.37. The molecule has 5 heteroatoms. The summed E-state index contributed by atoms with van der Waals surface area (Å²) in [6.07, 6.45) is 1.79. The van der Waals surface area contributed by atoms with Crippen molar-refractivity contribution in [2.75, 3.05) is 0 Å². The van der Waals surface area contributed by atoms with Crippen molar-refractivity contribution in [3.05, 3.63) is 51.8 Å². The van der Waals surface area contributed by atoms with Gasteiger partial charge in [-0.3, -0.25) is 0 Å². The van der Waals surface area contributed by atoms with Crippen molar-refractivity contribution in [2.45, 2.75) is 6.92 Å². The Hall–Kier alpha value is -1.39. The molecule has 1 aromatic carbocycles. The van der Waals surface area contributed by atoms with Crippen LogP contribution in [-0.4, -0.2) is 14.6 Å². The minimum absolute atomic E-state index is 0.566. The maximum Gasteiger partial charge on any atom is 0.164 e. The zero-order valence-corrected chi connectivity index (χ0v) is 11.9. The van der Waals surface area contributed by atoms with Crippen LogP contribution in [0.3, 0.4) is 0 Å². The Kier molecular flexibility index (Phi) is 2.84. The lowest BCUT2D eigenvalue weighted by atomic mass is 10.1. The molecule has 0 amide bonds. The molecule has 0 unspecified atom stereocenters. The van der Waals surface area contributed by atoms with E-state index in [1.54, 1.807) is 16.8 Å². The second-order valence-corrected chi connectivity index (χ2v) is 5.24. The summed E-state index contributed by atoms with van der Waals surface area (Å²) in [7, 11) is 0. The summed E-state index contributed by atoms with van der Waals surface area (Å²) < 4.78 is 2.66. The van der Waals surface area contributed by atoms with Gasteiger partial charge in [-0.2, -0.15) is 5.10 Å². The Bertz CT molecular complexity index is 736. The highest BCUT2D eigenvalue weighted by atomic mass is 79.9. The third-order valence-corrected chi connectivity index (χ3v) is 3.68. The summed E-state index contributed by atoms with van der Waals surface area (Å²) in [6, 6.07) is 9.78. The Morgan fingerprint density at radius 3 is 2.78 bits per heavy atom. The Morgan fingerprint density at radius 2 is 2.00 bits per heavy atom. The number of benzene rings is 1. The molecule has 0 atom stereocenters. The van der Waals surface area contributed by atoms with E-state index in [9.17, 15) is 0 Å². The molecule has 0 N–H and O–H groups in total. The maximum absolute atomic E-state index is 6.15. The van der Waals surface area contributed by atoms with Gasteiger partial charge in [0, 0.05) is 21.3 Å². The van der Waals surface area contributed by atoms with Crippen molar-refractivity contribution in [1.29, 1.82) is 0 Å². The summed E-state index contributed by atoms with van der Waals surface area (Å²) in [5.74, 6) is 0. The SMILES string of the molecule is Cc1cc(Cl)n2ncc(-c3ccccc3Br)c2n1. The van der Waals surface area contributed by atoms with Gasteiger partial charge in [-0.25, -0.2) is 9.50 Å². The predicted molar refractivity (Wildman–Crippen MR) is 75.9 cm³/mol. The Balaban J connectivity index is 2.34. The minimum Gasteiger partial charge on any atom is -0.233 e. The monoisotopic (exact) mass is 321 g/mol. The summed E-state index contributed by atoms with van der Waals surface area (Å²) in [4.78, 5) is 4.51.